The van der Waals surface area contributed by atoms with Gasteiger partial charge in [-0.3, -0.25) is 0 Å². The summed E-state index contributed by atoms with van der Waals surface area (Å²) in [6.07, 6.45) is 12.1. The number of hydrogen-bond donors (Lipinski definition) is 1. The van der Waals surface area contributed by atoms with Gasteiger partial charge in [-0.2, -0.15) is 0 Å². The van der Waals surface area contributed by atoms with Crippen LogP contribution in [-0.4, -0.2) is 11.5 Å². The second-order valence-corrected chi connectivity index (χ2v) is 9.53. The fraction of sp³-hybridized carbons (Fsp3) is 0.850. The van der Waals surface area contributed by atoms with Crippen LogP contribution in [0.2, 0.25) is 0 Å². The maximum absolute atomic E-state index is 5.50. The number of nitrogens with one attached hydrogen (secondary N) is 1. The highest BCUT2D eigenvalue weighted by atomic mass is 32.1. The Balaban J connectivity index is 1.64. The minimum Gasteiger partial charge on any atom is -0.379 e. The first-order valence-corrected chi connectivity index (χ1v) is 9.80. The molecule has 1 saturated heterocycles. The molecule has 0 aromatic rings. The lowest BCUT2D eigenvalue weighted by Gasteiger charge is -2.58. The molecule has 3 fully saturated rings. The van der Waals surface area contributed by atoms with Crippen LogP contribution in [0.1, 0.15) is 65.7 Å². The van der Waals surface area contributed by atoms with Gasteiger partial charge in [-0.05, 0) is 86.4 Å². The maximum atomic E-state index is 5.50. The summed E-state index contributed by atoms with van der Waals surface area (Å²) in [7, 11) is 0. The van der Waals surface area contributed by atoms with Crippen molar-refractivity contribution < 1.29 is 0 Å². The summed E-state index contributed by atoms with van der Waals surface area (Å²) in [5.41, 5.74) is 2.73. The first kappa shape index (κ1) is 15.2. The zero-order valence-electron chi connectivity index (χ0n) is 14.5. The molecule has 1 aliphatic heterocycles. The molecule has 0 aromatic heterocycles. The normalized spacial score (nSPS) is 51.0. The zero-order valence-corrected chi connectivity index (χ0v) is 15.3. The van der Waals surface area contributed by atoms with Gasteiger partial charge in [0.15, 0.2) is 0 Å². The lowest BCUT2D eigenvalue weighted by Crippen LogP contribution is -2.52. The van der Waals surface area contributed by atoms with Gasteiger partial charge < -0.3 is 5.32 Å². The summed E-state index contributed by atoms with van der Waals surface area (Å²) in [5, 5.41) is 3.55. The Morgan fingerprint density at radius 3 is 2.77 bits per heavy atom. The van der Waals surface area contributed by atoms with Crippen molar-refractivity contribution in [3.05, 3.63) is 11.6 Å². The molecule has 0 spiro atoms. The minimum atomic E-state index is 0.517. The third-order valence-corrected chi connectivity index (χ3v) is 8.82. The third kappa shape index (κ3) is 1.98. The van der Waals surface area contributed by atoms with Crippen molar-refractivity contribution in [2.75, 3.05) is 6.54 Å². The number of rotatable bonds is 0. The van der Waals surface area contributed by atoms with Crippen LogP contribution in [0, 0.1) is 34.5 Å². The number of allylic oxidation sites excluding steroid dienone is 2. The van der Waals surface area contributed by atoms with Crippen molar-refractivity contribution in [3.63, 3.8) is 0 Å². The van der Waals surface area contributed by atoms with Crippen molar-refractivity contribution in [3.8, 4) is 0 Å². The fourth-order valence-corrected chi connectivity index (χ4v) is 6.93. The lowest BCUT2D eigenvalue weighted by atomic mass is 9.46. The molecule has 3 aliphatic carbocycles. The first-order valence-electron chi connectivity index (χ1n) is 9.39. The van der Waals surface area contributed by atoms with Crippen LogP contribution in [0.25, 0.3) is 0 Å². The topological polar surface area (TPSA) is 12.0 Å². The molecule has 0 aromatic carbocycles. The van der Waals surface area contributed by atoms with Crippen LogP contribution >= 0.6 is 12.2 Å². The summed E-state index contributed by atoms with van der Waals surface area (Å²) in [6, 6.07) is 0. The van der Waals surface area contributed by atoms with Gasteiger partial charge in [-0.1, -0.05) is 37.7 Å². The van der Waals surface area contributed by atoms with E-state index in [1.807, 2.05) is 0 Å². The van der Waals surface area contributed by atoms with E-state index < -0.39 is 0 Å². The Morgan fingerprint density at radius 1 is 1.14 bits per heavy atom. The molecule has 0 amide bonds. The molecule has 0 unspecified atom stereocenters. The highest BCUT2D eigenvalue weighted by Crippen LogP contribution is 2.64. The summed E-state index contributed by atoms with van der Waals surface area (Å²) >= 11 is 5.50. The first-order chi connectivity index (χ1) is 10.4. The Hall–Kier alpha value is -0.370. The molecular formula is C20H31NS. The van der Waals surface area contributed by atoms with E-state index in [2.05, 4.69) is 32.2 Å². The average Bonchev–Trinajstić information content (AvgIpc) is 2.70. The molecule has 1 heterocycles. The largest absolute Gasteiger partial charge is 0.379 e. The molecular weight excluding hydrogens is 286 g/mol. The second-order valence-electron chi connectivity index (χ2n) is 9.04. The van der Waals surface area contributed by atoms with Crippen molar-refractivity contribution in [2.24, 2.45) is 34.5 Å². The molecule has 1 N–H and O–H groups in total. The summed E-state index contributed by atoms with van der Waals surface area (Å²) < 4.78 is 0. The van der Waals surface area contributed by atoms with Crippen LogP contribution in [-0.2, 0) is 0 Å². The molecule has 2 heteroatoms. The molecule has 2 saturated carbocycles. The summed E-state index contributed by atoms with van der Waals surface area (Å²) in [5.74, 6) is 3.66. The van der Waals surface area contributed by atoms with E-state index in [1.54, 1.807) is 5.57 Å². The zero-order chi connectivity index (χ0) is 15.5. The van der Waals surface area contributed by atoms with Crippen molar-refractivity contribution in [2.45, 2.75) is 65.7 Å². The maximum Gasteiger partial charge on any atom is 0.0753 e. The van der Waals surface area contributed by atoms with Crippen molar-refractivity contribution >= 4 is 17.2 Å². The quantitative estimate of drug-likeness (QED) is 0.492. The highest BCUT2D eigenvalue weighted by molar-refractivity contribution is 7.80. The van der Waals surface area contributed by atoms with Crippen LogP contribution in [0.15, 0.2) is 11.6 Å². The van der Waals surface area contributed by atoms with Gasteiger partial charge in [0, 0.05) is 6.54 Å². The molecule has 0 radical (unpaired) electrons. The Kier molecular flexibility index (Phi) is 3.49. The van der Waals surface area contributed by atoms with Crippen LogP contribution in [0.5, 0.6) is 0 Å². The molecule has 0 bridgehead atoms. The van der Waals surface area contributed by atoms with E-state index in [0.717, 1.165) is 41.6 Å². The average molecular weight is 318 g/mol. The van der Waals surface area contributed by atoms with Gasteiger partial charge in [-0.15, -0.1) is 0 Å². The van der Waals surface area contributed by atoms with Gasteiger partial charge in [0.1, 0.15) is 0 Å². The smallest absolute Gasteiger partial charge is 0.0753 e. The fourth-order valence-electron chi connectivity index (χ4n) is 6.75. The van der Waals surface area contributed by atoms with E-state index in [9.17, 15) is 0 Å². The molecule has 6 atom stereocenters. The van der Waals surface area contributed by atoms with Gasteiger partial charge in [-0.25, -0.2) is 0 Å². The predicted octanol–water partition coefficient (Wildman–Crippen LogP) is 5.11. The van der Waals surface area contributed by atoms with Gasteiger partial charge >= 0.3 is 0 Å². The van der Waals surface area contributed by atoms with Gasteiger partial charge in [0.2, 0.25) is 0 Å². The summed E-state index contributed by atoms with van der Waals surface area (Å²) in [4.78, 5) is 1.12. The van der Waals surface area contributed by atoms with Crippen LogP contribution in [0.3, 0.4) is 0 Å². The van der Waals surface area contributed by atoms with E-state index >= 15 is 0 Å². The van der Waals surface area contributed by atoms with Gasteiger partial charge in [0.25, 0.3) is 0 Å². The standard InChI is InChI=1S/C20H31NS/c1-13-4-7-16-15-6-5-14-12-21-18(22)9-11-20(14,3)17(15)8-10-19(13,16)2/h4,14-17H,5-12H2,1-3H3,(H,21,22)/t14-,15-,16-,17-,19+,20-/m0/s1. The minimum absolute atomic E-state index is 0.517. The van der Waals surface area contributed by atoms with Crippen molar-refractivity contribution in [1.82, 2.24) is 5.32 Å². The van der Waals surface area contributed by atoms with Crippen molar-refractivity contribution in [1.29, 1.82) is 0 Å². The van der Waals surface area contributed by atoms with E-state index in [4.69, 9.17) is 12.2 Å². The summed E-state index contributed by atoms with van der Waals surface area (Å²) in [6.45, 7) is 8.70. The van der Waals surface area contributed by atoms with E-state index in [-0.39, 0.29) is 0 Å². The van der Waals surface area contributed by atoms with E-state index in [1.165, 1.54) is 38.5 Å². The molecule has 4 aliphatic rings. The van der Waals surface area contributed by atoms with Crippen LogP contribution < -0.4 is 5.32 Å². The number of fused-ring (bicyclic) bond motifs is 5. The number of hydrogen-bond acceptors (Lipinski definition) is 1. The second kappa shape index (κ2) is 5.06. The lowest BCUT2D eigenvalue weighted by molar-refractivity contribution is -0.0814. The third-order valence-electron chi connectivity index (χ3n) is 8.47. The monoisotopic (exact) mass is 317 g/mol. The Labute approximate surface area is 141 Å². The predicted molar refractivity (Wildman–Crippen MR) is 96.9 cm³/mol. The van der Waals surface area contributed by atoms with Crippen LogP contribution in [0.4, 0.5) is 0 Å². The highest BCUT2D eigenvalue weighted by Gasteiger charge is 2.57. The molecule has 1 nitrogen and oxygen atoms in total. The molecule has 122 valence electrons. The molecule has 22 heavy (non-hydrogen) atoms. The molecule has 4 rings (SSSR count). The number of thiocarbonyl (C=S) groups is 1. The van der Waals surface area contributed by atoms with Gasteiger partial charge in [0.05, 0.1) is 4.99 Å². The SMILES string of the molecule is CC1=CC[C@H]2[C@@H]3CC[C@H]4CNC(=S)CC[C@]4(C)[C@H]3CC[C@]12C. The Morgan fingerprint density at radius 2 is 1.95 bits per heavy atom. The van der Waals surface area contributed by atoms with E-state index in [0.29, 0.717) is 10.8 Å². The Bertz CT molecular complexity index is 524.